The third-order valence-electron chi connectivity index (χ3n) is 1.54. The molecular formula is C8H17NO2. The number of ether oxygens (including phenoxy) is 1. The van der Waals surface area contributed by atoms with E-state index in [1.807, 2.05) is 6.92 Å². The zero-order chi connectivity index (χ0) is 8.69. The van der Waals surface area contributed by atoms with Crippen molar-refractivity contribution in [1.29, 1.82) is 0 Å². The highest BCUT2D eigenvalue weighted by Gasteiger charge is 2.10. The lowest BCUT2D eigenvalue weighted by Gasteiger charge is -2.07. The highest BCUT2D eigenvalue weighted by molar-refractivity contribution is 5.83. The standard InChI is InChI=1S/C8H17NO2/c1-3-4-8(10)7(9)5-6-11-2/h7H,3-6,9H2,1-2H3. The van der Waals surface area contributed by atoms with E-state index in [0.717, 1.165) is 6.42 Å². The van der Waals surface area contributed by atoms with Gasteiger partial charge in [0, 0.05) is 20.1 Å². The number of ketones is 1. The van der Waals surface area contributed by atoms with Crippen LogP contribution in [0.1, 0.15) is 26.2 Å². The van der Waals surface area contributed by atoms with Crippen LogP contribution in [-0.2, 0) is 9.53 Å². The number of methoxy groups -OCH3 is 1. The first-order chi connectivity index (χ1) is 5.22. The molecule has 0 spiro atoms. The van der Waals surface area contributed by atoms with Crippen LogP contribution in [0.3, 0.4) is 0 Å². The molecule has 0 aliphatic carbocycles. The first-order valence-corrected chi connectivity index (χ1v) is 3.99. The highest BCUT2D eigenvalue weighted by atomic mass is 16.5. The number of carbonyl (C=O) groups excluding carboxylic acids is 1. The summed E-state index contributed by atoms with van der Waals surface area (Å²) in [6.45, 7) is 2.54. The molecule has 0 amide bonds. The minimum absolute atomic E-state index is 0.143. The molecule has 11 heavy (non-hydrogen) atoms. The maximum atomic E-state index is 11.1. The van der Waals surface area contributed by atoms with Crippen molar-refractivity contribution in [3.8, 4) is 0 Å². The predicted octanol–water partition coefficient (Wildman–Crippen LogP) is 0.719. The normalized spacial score (nSPS) is 13.0. The number of hydrogen-bond donors (Lipinski definition) is 1. The van der Waals surface area contributed by atoms with E-state index in [-0.39, 0.29) is 11.8 Å². The minimum atomic E-state index is -0.324. The molecule has 0 aromatic rings. The zero-order valence-corrected chi connectivity index (χ0v) is 7.30. The van der Waals surface area contributed by atoms with Crippen LogP contribution >= 0.6 is 0 Å². The Hall–Kier alpha value is -0.410. The molecule has 0 bridgehead atoms. The summed E-state index contributed by atoms with van der Waals surface area (Å²) in [4.78, 5) is 11.1. The highest BCUT2D eigenvalue weighted by Crippen LogP contribution is 1.97. The van der Waals surface area contributed by atoms with E-state index in [1.54, 1.807) is 7.11 Å². The van der Waals surface area contributed by atoms with Crippen molar-refractivity contribution in [2.45, 2.75) is 32.2 Å². The van der Waals surface area contributed by atoms with E-state index >= 15 is 0 Å². The first kappa shape index (κ1) is 10.6. The molecule has 0 aliphatic rings. The Bertz CT molecular complexity index is 115. The molecule has 0 aliphatic heterocycles. The Morgan fingerprint density at radius 1 is 1.64 bits per heavy atom. The van der Waals surface area contributed by atoms with Crippen LogP contribution in [0.5, 0.6) is 0 Å². The second-order valence-corrected chi connectivity index (χ2v) is 2.60. The molecule has 1 unspecified atom stereocenters. The van der Waals surface area contributed by atoms with Crippen molar-refractivity contribution in [2.75, 3.05) is 13.7 Å². The van der Waals surface area contributed by atoms with Gasteiger partial charge in [-0.15, -0.1) is 0 Å². The van der Waals surface area contributed by atoms with Crippen LogP contribution in [-0.4, -0.2) is 25.5 Å². The predicted molar refractivity (Wildman–Crippen MR) is 44.4 cm³/mol. The summed E-state index contributed by atoms with van der Waals surface area (Å²) in [5.74, 6) is 0.143. The second kappa shape index (κ2) is 6.31. The number of Topliss-reactive ketones (excluding diaryl/α,β-unsaturated/α-hetero) is 1. The number of rotatable bonds is 6. The average molecular weight is 159 g/mol. The van der Waals surface area contributed by atoms with Crippen molar-refractivity contribution < 1.29 is 9.53 Å². The van der Waals surface area contributed by atoms with E-state index in [4.69, 9.17) is 10.5 Å². The Morgan fingerprint density at radius 3 is 2.73 bits per heavy atom. The Labute approximate surface area is 67.9 Å². The molecule has 0 rings (SSSR count). The van der Waals surface area contributed by atoms with Crippen molar-refractivity contribution in [3.63, 3.8) is 0 Å². The van der Waals surface area contributed by atoms with E-state index < -0.39 is 0 Å². The lowest BCUT2D eigenvalue weighted by atomic mass is 10.1. The molecule has 3 nitrogen and oxygen atoms in total. The molecule has 0 aromatic carbocycles. The van der Waals surface area contributed by atoms with Gasteiger partial charge in [0.2, 0.25) is 0 Å². The van der Waals surface area contributed by atoms with Gasteiger partial charge in [0.1, 0.15) is 5.78 Å². The summed E-state index contributed by atoms with van der Waals surface area (Å²) >= 11 is 0. The van der Waals surface area contributed by atoms with Crippen LogP contribution in [0.2, 0.25) is 0 Å². The fraction of sp³-hybridized carbons (Fsp3) is 0.875. The summed E-state index contributed by atoms with van der Waals surface area (Å²) < 4.78 is 4.81. The SMILES string of the molecule is CCCC(=O)C(N)CCOC. The number of hydrogen-bond acceptors (Lipinski definition) is 3. The molecule has 0 radical (unpaired) electrons. The summed E-state index contributed by atoms with van der Waals surface area (Å²) in [5, 5.41) is 0. The monoisotopic (exact) mass is 159 g/mol. The van der Waals surface area contributed by atoms with Crippen molar-refractivity contribution in [1.82, 2.24) is 0 Å². The average Bonchev–Trinajstić information content (AvgIpc) is 2.00. The van der Waals surface area contributed by atoms with Crippen LogP contribution in [0.25, 0.3) is 0 Å². The summed E-state index contributed by atoms with van der Waals surface area (Å²) in [6, 6.07) is -0.324. The van der Waals surface area contributed by atoms with E-state index in [9.17, 15) is 4.79 Å². The lowest BCUT2D eigenvalue weighted by molar-refractivity contribution is -0.120. The van der Waals surface area contributed by atoms with Gasteiger partial charge < -0.3 is 10.5 Å². The van der Waals surface area contributed by atoms with Crippen molar-refractivity contribution in [2.24, 2.45) is 5.73 Å². The minimum Gasteiger partial charge on any atom is -0.385 e. The van der Waals surface area contributed by atoms with Crippen molar-refractivity contribution >= 4 is 5.78 Å². The summed E-state index contributed by atoms with van der Waals surface area (Å²) in [7, 11) is 1.61. The Kier molecular flexibility index (Phi) is 6.07. The fourth-order valence-corrected chi connectivity index (χ4v) is 0.838. The van der Waals surface area contributed by atoms with Crippen LogP contribution < -0.4 is 5.73 Å². The number of carbonyl (C=O) groups is 1. The van der Waals surface area contributed by atoms with Gasteiger partial charge in [-0.2, -0.15) is 0 Å². The fourth-order valence-electron chi connectivity index (χ4n) is 0.838. The topological polar surface area (TPSA) is 52.3 Å². The van der Waals surface area contributed by atoms with Gasteiger partial charge in [0.05, 0.1) is 6.04 Å². The maximum Gasteiger partial charge on any atom is 0.149 e. The smallest absolute Gasteiger partial charge is 0.149 e. The molecule has 2 N–H and O–H groups in total. The van der Waals surface area contributed by atoms with Gasteiger partial charge in [-0.3, -0.25) is 4.79 Å². The van der Waals surface area contributed by atoms with Gasteiger partial charge in [0.15, 0.2) is 0 Å². The zero-order valence-electron chi connectivity index (χ0n) is 7.30. The van der Waals surface area contributed by atoms with Crippen molar-refractivity contribution in [3.05, 3.63) is 0 Å². The molecular weight excluding hydrogens is 142 g/mol. The molecule has 0 aromatic heterocycles. The van der Waals surface area contributed by atoms with Gasteiger partial charge in [-0.05, 0) is 12.8 Å². The van der Waals surface area contributed by atoms with E-state index in [0.29, 0.717) is 19.4 Å². The molecule has 1 atom stereocenters. The molecule has 0 saturated heterocycles. The third kappa shape index (κ3) is 4.93. The van der Waals surface area contributed by atoms with E-state index in [1.165, 1.54) is 0 Å². The molecule has 66 valence electrons. The van der Waals surface area contributed by atoms with Gasteiger partial charge in [-0.1, -0.05) is 6.92 Å². The quantitative estimate of drug-likeness (QED) is 0.621. The lowest BCUT2D eigenvalue weighted by Crippen LogP contribution is -2.31. The molecule has 0 fully saturated rings. The van der Waals surface area contributed by atoms with Gasteiger partial charge in [-0.25, -0.2) is 0 Å². The van der Waals surface area contributed by atoms with Crippen LogP contribution in [0.4, 0.5) is 0 Å². The maximum absolute atomic E-state index is 11.1. The summed E-state index contributed by atoms with van der Waals surface area (Å²) in [6.07, 6.45) is 2.10. The molecule has 3 heteroatoms. The van der Waals surface area contributed by atoms with Gasteiger partial charge in [0.25, 0.3) is 0 Å². The van der Waals surface area contributed by atoms with E-state index in [2.05, 4.69) is 0 Å². The van der Waals surface area contributed by atoms with Crippen LogP contribution in [0, 0.1) is 0 Å². The number of nitrogens with two attached hydrogens (primary N) is 1. The Morgan fingerprint density at radius 2 is 2.27 bits per heavy atom. The Balaban J connectivity index is 3.46. The largest absolute Gasteiger partial charge is 0.385 e. The summed E-state index contributed by atoms with van der Waals surface area (Å²) in [5.41, 5.74) is 5.56. The third-order valence-corrected chi connectivity index (χ3v) is 1.54. The van der Waals surface area contributed by atoms with Gasteiger partial charge >= 0.3 is 0 Å². The second-order valence-electron chi connectivity index (χ2n) is 2.60. The van der Waals surface area contributed by atoms with Crippen LogP contribution in [0.15, 0.2) is 0 Å². The molecule has 0 saturated carbocycles. The molecule has 0 heterocycles. The first-order valence-electron chi connectivity index (χ1n) is 3.99.